The molecular formula is C18H12FN3OS. The predicted octanol–water partition coefficient (Wildman–Crippen LogP) is 4.48. The number of nitrogens with one attached hydrogen (secondary N) is 1. The topological polar surface area (TPSA) is 46.9 Å². The zero-order chi connectivity index (χ0) is 16.5. The third kappa shape index (κ3) is 2.68. The molecule has 0 atom stereocenters. The van der Waals surface area contributed by atoms with Crippen LogP contribution in [0.25, 0.3) is 15.8 Å². The molecule has 1 amide bonds. The first kappa shape index (κ1) is 14.6. The number of halogens is 1. The van der Waals surface area contributed by atoms with Crippen LogP contribution in [0.5, 0.6) is 0 Å². The van der Waals surface area contributed by atoms with Crippen LogP contribution < -0.4 is 5.32 Å². The van der Waals surface area contributed by atoms with E-state index < -0.39 is 0 Å². The van der Waals surface area contributed by atoms with E-state index in [2.05, 4.69) is 10.4 Å². The largest absolute Gasteiger partial charge is 0.321 e. The summed E-state index contributed by atoms with van der Waals surface area (Å²) in [6.45, 7) is 0. The van der Waals surface area contributed by atoms with Gasteiger partial charge in [-0.2, -0.15) is 5.10 Å². The van der Waals surface area contributed by atoms with Crippen molar-refractivity contribution in [2.45, 2.75) is 0 Å². The number of benzene rings is 2. The third-order valence-corrected chi connectivity index (χ3v) is 4.73. The molecule has 0 unspecified atom stereocenters. The first-order valence-corrected chi connectivity index (χ1v) is 8.12. The van der Waals surface area contributed by atoms with Crippen molar-refractivity contribution in [3.63, 3.8) is 0 Å². The van der Waals surface area contributed by atoms with Crippen LogP contribution in [0.15, 0.2) is 67.0 Å². The second kappa shape index (κ2) is 5.90. The van der Waals surface area contributed by atoms with Crippen molar-refractivity contribution >= 4 is 33.0 Å². The number of thiophene rings is 1. The van der Waals surface area contributed by atoms with Gasteiger partial charge in [-0.3, -0.25) is 4.79 Å². The highest BCUT2D eigenvalue weighted by molar-refractivity contribution is 7.20. The number of hydrogen-bond acceptors (Lipinski definition) is 3. The van der Waals surface area contributed by atoms with E-state index in [1.54, 1.807) is 29.1 Å². The molecule has 4 aromatic rings. The van der Waals surface area contributed by atoms with Gasteiger partial charge in [0.05, 0.1) is 10.6 Å². The Labute approximate surface area is 141 Å². The number of amides is 1. The van der Waals surface area contributed by atoms with Gasteiger partial charge in [-0.1, -0.05) is 6.07 Å². The molecule has 0 bridgehead atoms. The third-order valence-electron chi connectivity index (χ3n) is 3.63. The standard InChI is InChI=1S/C18H12FN3OS/c19-15-3-1-4-16-14(15)11-17(24-16)18(23)21-12-5-7-13(8-6-12)22-10-2-9-20-22/h1-11H,(H,21,23). The second-order valence-corrected chi connectivity index (χ2v) is 6.30. The zero-order valence-electron chi connectivity index (χ0n) is 12.4. The summed E-state index contributed by atoms with van der Waals surface area (Å²) in [4.78, 5) is 12.8. The molecule has 118 valence electrons. The van der Waals surface area contributed by atoms with Crippen LogP contribution in [0.3, 0.4) is 0 Å². The van der Waals surface area contributed by atoms with Gasteiger partial charge in [0.2, 0.25) is 0 Å². The molecule has 2 heterocycles. The molecule has 24 heavy (non-hydrogen) atoms. The summed E-state index contributed by atoms with van der Waals surface area (Å²) in [6.07, 6.45) is 3.55. The van der Waals surface area contributed by atoms with Crippen LogP contribution in [0.2, 0.25) is 0 Å². The van der Waals surface area contributed by atoms with Crippen LogP contribution >= 0.6 is 11.3 Å². The zero-order valence-corrected chi connectivity index (χ0v) is 13.3. The van der Waals surface area contributed by atoms with Gasteiger partial charge < -0.3 is 5.32 Å². The minimum absolute atomic E-state index is 0.248. The van der Waals surface area contributed by atoms with E-state index in [-0.39, 0.29) is 11.7 Å². The van der Waals surface area contributed by atoms with Gasteiger partial charge in [0.1, 0.15) is 5.82 Å². The van der Waals surface area contributed by atoms with E-state index in [1.165, 1.54) is 17.4 Å². The van der Waals surface area contributed by atoms with Crippen molar-refractivity contribution in [2.75, 3.05) is 5.32 Å². The van der Waals surface area contributed by atoms with Crippen molar-refractivity contribution in [3.8, 4) is 5.69 Å². The Kier molecular flexibility index (Phi) is 3.59. The maximum Gasteiger partial charge on any atom is 0.265 e. The first-order valence-electron chi connectivity index (χ1n) is 7.30. The normalized spacial score (nSPS) is 10.9. The van der Waals surface area contributed by atoms with E-state index >= 15 is 0 Å². The number of fused-ring (bicyclic) bond motifs is 1. The van der Waals surface area contributed by atoms with Gasteiger partial charge in [-0.25, -0.2) is 9.07 Å². The smallest absolute Gasteiger partial charge is 0.265 e. The molecule has 2 aromatic carbocycles. The molecule has 0 radical (unpaired) electrons. The number of carbonyl (C=O) groups excluding carboxylic acids is 1. The number of carbonyl (C=O) groups is 1. The Hall–Kier alpha value is -2.99. The molecule has 1 N–H and O–H groups in total. The lowest BCUT2D eigenvalue weighted by Crippen LogP contribution is -2.10. The van der Waals surface area contributed by atoms with E-state index in [0.29, 0.717) is 16.0 Å². The summed E-state index contributed by atoms with van der Waals surface area (Å²) in [6, 6.07) is 15.6. The molecule has 0 aliphatic heterocycles. The van der Waals surface area contributed by atoms with Crippen molar-refractivity contribution in [1.82, 2.24) is 9.78 Å². The van der Waals surface area contributed by atoms with Crippen molar-refractivity contribution in [1.29, 1.82) is 0 Å². The number of nitrogens with zero attached hydrogens (tertiary/aromatic N) is 2. The van der Waals surface area contributed by atoms with Crippen molar-refractivity contribution < 1.29 is 9.18 Å². The summed E-state index contributed by atoms with van der Waals surface area (Å²) < 4.78 is 16.2. The molecule has 0 spiro atoms. The molecule has 0 fully saturated rings. The summed E-state index contributed by atoms with van der Waals surface area (Å²) >= 11 is 1.27. The van der Waals surface area contributed by atoms with Gasteiger partial charge in [0.25, 0.3) is 5.91 Å². The van der Waals surface area contributed by atoms with Gasteiger partial charge >= 0.3 is 0 Å². The Morgan fingerprint density at radius 3 is 2.67 bits per heavy atom. The highest BCUT2D eigenvalue weighted by atomic mass is 32.1. The molecule has 2 aromatic heterocycles. The summed E-state index contributed by atoms with van der Waals surface area (Å²) in [5.74, 6) is -0.561. The average molecular weight is 337 g/mol. The lowest BCUT2D eigenvalue weighted by atomic mass is 10.2. The lowest BCUT2D eigenvalue weighted by Gasteiger charge is -2.05. The minimum atomic E-state index is -0.314. The van der Waals surface area contributed by atoms with E-state index in [1.807, 2.05) is 36.5 Å². The van der Waals surface area contributed by atoms with Gasteiger partial charge in [-0.05, 0) is 48.5 Å². The Morgan fingerprint density at radius 2 is 1.96 bits per heavy atom. The van der Waals surface area contributed by atoms with Gasteiger partial charge in [-0.15, -0.1) is 11.3 Å². The second-order valence-electron chi connectivity index (χ2n) is 5.21. The monoisotopic (exact) mass is 337 g/mol. The number of aromatic nitrogens is 2. The van der Waals surface area contributed by atoms with E-state index in [0.717, 1.165) is 10.4 Å². The number of anilines is 1. The van der Waals surface area contributed by atoms with Crippen LogP contribution in [-0.4, -0.2) is 15.7 Å². The lowest BCUT2D eigenvalue weighted by molar-refractivity contribution is 0.103. The van der Waals surface area contributed by atoms with E-state index in [9.17, 15) is 9.18 Å². The molecule has 4 rings (SSSR count). The summed E-state index contributed by atoms with van der Waals surface area (Å²) in [5, 5.41) is 7.46. The van der Waals surface area contributed by atoms with Crippen molar-refractivity contribution in [2.24, 2.45) is 0 Å². The quantitative estimate of drug-likeness (QED) is 0.599. The number of hydrogen-bond donors (Lipinski definition) is 1. The molecular weight excluding hydrogens is 325 g/mol. The van der Waals surface area contributed by atoms with Crippen LogP contribution in [0.4, 0.5) is 10.1 Å². The van der Waals surface area contributed by atoms with Crippen LogP contribution in [0.1, 0.15) is 9.67 Å². The Morgan fingerprint density at radius 1 is 1.12 bits per heavy atom. The predicted molar refractivity (Wildman–Crippen MR) is 93.3 cm³/mol. The van der Waals surface area contributed by atoms with Gasteiger partial charge in [0.15, 0.2) is 0 Å². The molecule has 0 aliphatic rings. The summed E-state index contributed by atoms with van der Waals surface area (Å²) in [7, 11) is 0. The van der Waals surface area contributed by atoms with Crippen LogP contribution in [0, 0.1) is 5.82 Å². The first-order chi connectivity index (χ1) is 11.7. The minimum Gasteiger partial charge on any atom is -0.321 e. The highest BCUT2D eigenvalue weighted by Crippen LogP contribution is 2.28. The molecule has 0 saturated carbocycles. The molecule has 4 nitrogen and oxygen atoms in total. The average Bonchev–Trinajstić information content (AvgIpc) is 3.26. The molecule has 0 saturated heterocycles. The fraction of sp³-hybridized carbons (Fsp3) is 0. The maximum absolute atomic E-state index is 13.7. The van der Waals surface area contributed by atoms with E-state index in [4.69, 9.17) is 0 Å². The Bertz CT molecular complexity index is 1010. The SMILES string of the molecule is O=C(Nc1ccc(-n2cccn2)cc1)c1cc2c(F)cccc2s1. The summed E-state index contributed by atoms with van der Waals surface area (Å²) in [5.41, 5.74) is 1.58. The number of rotatable bonds is 3. The Balaban J connectivity index is 1.55. The highest BCUT2D eigenvalue weighted by Gasteiger charge is 2.12. The molecule has 6 heteroatoms. The van der Waals surface area contributed by atoms with Crippen molar-refractivity contribution in [3.05, 3.63) is 77.7 Å². The fourth-order valence-electron chi connectivity index (χ4n) is 2.45. The fourth-order valence-corrected chi connectivity index (χ4v) is 3.42. The molecule has 0 aliphatic carbocycles. The van der Waals surface area contributed by atoms with Crippen LogP contribution in [-0.2, 0) is 0 Å². The maximum atomic E-state index is 13.7. The van der Waals surface area contributed by atoms with Gasteiger partial charge in [0, 0.05) is 28.2 Å².